The average molecular weight is 262 g/mol. The van der Waals surface area contributed by atoms with Crippen LogP contribution in [-0.2, 0) is 9.59 Å². The predicted molar refractivity (Wildman–Crippen MR) is 66.6 cm³/mol. The first-order valence-electron chi connectivity index (χ1n) is 5.52. The van der Waals surface area contributed by atoms with E-state index in [1.54, 1.807) is 0 Å². The third-order valence-corrected chi connectivity index (χ3v) is 2.79. The Morgan fingerprint density at radius 3 is 2.53 bits per heavy atom. The van der Waals surface area contributed by atoms with Crippen molar-refractivity contribution in [3.05, 3.63) is 41.3 Å². The number of carbonyl (C=O) groups is 2. The summed E-state index contributed by atoms with van der Waals surface area (Å²) < 4.78 is 12.9. The Morgan fingerprint density at radius 1 is 1.37 bits per heavy atom. The molecule has 0 aromatic heterocycles. The topological polar surface area (TPSA) is 92.8 Å². The standard InChI is InChI=1S/C13H11FN2O3/c14-8-3-1-7(2-4-8)11-10(6-17)16-5-9(12(11)18)13(15)19/h1-5,9,17H,6H2,(H2,15,19). The van der Waals surface area contributed by atoms with Gasteiger partial charge in [-0.05, 0) is 17.7 Å². The van der Waals surface area contributed by atoms with Gasteiger partial charge in [-0.2, -0.15) is 0 Å². The summed E-state index contributed by atoms with van der Waals surface area (Å²) in [6, 6.07) is 5.14. The van der Waals surface area contributed by atoms with Gasteiger partial charge in [0.2, 0.25) is 5.91 Å². The normalized spacial score (nSPS) is 18.8. The molecule has 0 fully saturated rings. The fourth-order valence-corrected chi connectivity index (χ4v) is 1.84. The van der Waals surface area contributed by atoms with Crippen LogP contribution in [0.2, 0.25) is 0 Å². The van der Waals surface area contributed by atoms with Crippen molar-refractivity contribution >= 4 is 23.5 Å². The first-order chi connectivity index (χ1) is 9.04. The Morgan fingerprint density at radius 2 is 2.00 bits per heavy atom. The van der Waals surface area contributed by atoms with Gasteiger partial charge in [-0.15, -0.1) is 0 Å². The van der Waals surface area contributed by atoms with Crippen LogP contribution in [-0.4, -0.2) is 29.6 Å². The van der Waals surface area contributed by atoms with Crippen molar-refractivity contribution < 1.29 is 19.1 Å². The number of aliphatic hydroxyl groups is 1. The second-order valence-electron chi connectivity index (χ2n) is 4.01. The molecule has 1 atom stereocenters. The van der Waals surface area contributed by atoms with Crippen molar-refractivity contribution in [3.8, 4) is 0 Å². The SMILES string of the molecule is NC(=O)C1C=NC(CO)=C(c2ccc(F)cc2)C1=O. The zero-order valence-corrected chi connectivity index (χ0v) is 9.84. The summed E-state index contributed by atoms with van der Waals surface area (Å²) in [4.78, 5) is 27.2. The molecular weight excluding hydrogens is 251 g/mol. The molecule has 0 radical (unpaired) electrons. The van der Waals surface area contributed by atoms with Crippen LogP contribution >= 0.6 is 0 Å². The van der Waals surface area contributed by atoms with Crippen molar-refractivity contribution in [2.75, 3.05) is 6.61 Å². The highest BCUT2D eigenvalue weighted by molar-refractivity contribution is 6.34. The van der Waals surface area contributed by atoms with E-state index in [0.29, 0.717) is 5.56 Å². The van der Waals surface area contributed by atoms with E-state index in [4.69, 9.17) is 5.73 Å². The van der Waals surface area contributed by atoms with Crippen molar-refractivity contribution in [2.45, 2.75) is 0 Å². The molecule has 1 aliphatic rings. The average Bonchev–Trinajstić information content (AvgIpc) is 2.39. The summed E-state index contributed by atoms with van der Waals surface area (Å²) in [6.45, 7) is -0.458. The van der Waals surface area contributed by atoms with Crippen molar-refractivity contribution in [1.29, 1.82) is 0 Å². The number of Topliss-reactive ketones (excluding diaryl/α,β-unsaturated/α-hetero) is 1. The number of nitrogens with zero attached hydrogens (tertiary/aromatic N) is 1. The lowest BCUT2D eigenvalue weighted by molar-refractivity contribution is -0.126. The summed E-state index contributed by atoms with van der Waals surface area (Å²) in [7, 11) is 0. The molecule has 1 heterocycles. The number of benzene rings is 1. The highest BCUT2D eigenvalue weighted by Gasteiger charge is 2.31. The van der Waals surface area contributed by atoms with Crippen LogP contribution in [0, 0.1) is 11.7 Å². The van der Waals surface area contributed by atoms with Gasteiger partial charge >= 0.3 is 0 Å². The highest BCUT2D eigenvalue weighted by Crippen LogP contribution is 2.27. The van der Waals surface area contributed by atoms with Gasteiger partial charge < -0.3 is 10.8 Å². The van der Waals surface area contributed by atoms with E-state index in [1.165, 1.54) is 24.3 Å². The summed E-state index contributed by atoms with van der Waals surface area (Å²) in [6.07, 6.45) is 1.11. The lowest BCUT2D eigenvalue weighted by atomic mass is 9.89. The van der Waals surface area contributed by atoms with Crippen LogP contribution in [0.4, 0.5) is 4.39 Å². The fourth-order valence-electron chi connectivity index (χ4n) is 1.84. The number of primary amides is 1. The molecule has 0 saturated carbocycles. The van der Waals surface area contributed by atoms with Gasteiger partial charge in [0.05, 0.1) is 12.3 Å². The minimum atomic E-state index is -1.16. The summed E-state index contributed by atoms with van der Waals surface area (Å²) >= 11 is 0. The van der Waals surface area contributed by atoms with Crippen LogP contribution in [0.5, 0.6) is 0 Å². The lowest BCUT2D eigenvalue weighted by Gasteiger charge is -2.18. The Balaban J connectivity index is 2.52. The molecule has 0 saturated heterocycles. The molecule has 0 bridgehead atoms. The maximum absolute atomic E-state index is 12.9. The van der Waals surface area contributed by atoms with Crippen molar-refractivity contribution in [3.63, 3.8) is 0 Å². The largest absolute Gasteiger partial charge is 0.390 e. The molecular formula is C13H11FN2O3. The first-order valence-corrected chi connectivity index (χ1v) is 5.52. The van der Waals surface area contributed by atoms with Gasteiger partial charge in [-0.1, -0.05) is 12.1 Å². The number of aliphatic hydroxyl groups excluding tert-OH is 1. The minimum absolute atomic E-state index is 0.0915. The number of halogens is 1. The molecule has 1 unspecified atom stereocenters. The van der Waals surface area contributed by atoms with Crippen LogP contribution in [0.15, 0.2) is 35.0 Å². The molecule has 1 amide bonds. The molecule has 1 aromatic carbocycles. The minimum Gasteiger partial charge on any atom is -0.390 e. The van der Waals surface area contributed by atoms with Crippen LogP contribution in [0.3, 0.4) is 0 Å². The molecule has 5 nitrogen and oxygen atoms in total. The molecule has 0 aliphatic carbocycles. The molecule has 98 valence electrons. The number of amides is 1. The molecule has 0 spiro atoms. The predicted octanol–water partition coefficient (Wildman–Crippen LogP) is 0.284. The number of rotatable bonds is 3. The Kier molecular flexibility index (Phi) is 3.52. The molecule has 2 rings (SSSR count). The fraction of sp³-hybridized carbons (Fsp3) is 0.154. The van der Waals surface area contributed by atoms with Crippen LogP contribution in [0.1, 0.15) is 5.56 Å². The summed E-state index contributed by atoms with van der Waals surface area (Å²) in [5.74, 6) is -2.97. The van der Waals surface area contributed by atoms with E-state index in [9.17, 15) is 19.1 Å². The Bertz CT molecular complexity index is 590. The van der Waals surface area contributed by atoms with Gasteiger partial charge in [0, 0.05) is 11.8 Å². The smallest absolute Gasteiger partial charge is 0.233 e. The Hall–Kier alpha value is -2.34. The number of allylic oxidation sites excluding steroid dienone is 1. The monoisotopic (exact) mass is 262 g/mol. The number of aliphatic imine (C=N–C) groups is 1. The maximum atomic E-state index is 12.9. The van der Waals surface area contributed by atoms with E-state index in [1.807, 2.05) is 0 Å². The second kappa shape index (κ2) is 5.11. The van der Waals surface area contributed by atoms with Crippen LogP contribution < -0.4 is 5.73 Å². The third-order valence-electron chi connectivity index (χ3n) is 2.79. The maximum Gasteiger partial charge on any atom is 0.233 e. The van der Waals surface area contributed by atoms with E-state index in [0.717, 1.165) is 6.21 Å². The number of ketones is 1. The number of hydrogen-bond acceptors (Lipinski definition) is 4. The molecule has 1 aliphatic heterocycles. The van der Waals surface area contributed by atoms with Gasteiger partial charge in [0.25, 0.3) is 0 Å². The third kappa shape index (κ3) is 2.43. The van der Waals surface area contributed by atoms with Gasteiger partial charge in [0.1, 0.15) is 11.7 Å². The highest BCUT2D eigenvalue weighted by atomic mass is 19.1. The van der Waals surface area contributed by atoms with Gasteiger partial charge in [-0.3, -0.25) is 14.6 Å². The molecule has 19 heavy (non-hydrogen) atoms. The van der Waals surface area contributed by atoms with Crippen molar-refractivity contribution in [2.24, 2.45) is 16.6 Å². The molecule has 6 heteroatoms. The quantitative estimate of drug-likeness (QED) is 0.766. The van der Waals surface area contributed by atoms with E-state index < -0.39 is 30.0 Å². The van der Waals surface area contributed by atoms with Gasteiger partial charge in [0.15, 0.2) is 5.78 Å². The van der Waals surface area contributed by atoms with E-state index in [2.05, 4.69) is 4.99 Å². The van der Waals surface area contributed by atoms with Gasteiger partial charge in [-0.25, -0.2) is 4.39 Å². The molecule has 1 aromatic rings. The number of hydrogen-bond donors (Lipinski definition) is 2. The van der Waals surface area contributed by atoms with E-state index >= 15 is 0 Å². The zero-order valence-electron chi connectivity index (χ0n) is 9.84. The zero-order chi connectivity index (χ0) is 14.0. The summed E-state index contributed by atoms with van der Waals surface area (Å²) in [5.41, 5.74) is 5.73. The first kappa shape index (κ1) is 13.1. The number of nitrogens with two attached hydrogens (primary N) is 1. The van der Waals surface area contributed by atoms with Crippen molar-refractivity contribution in [1.82, 2.24) is 0 Å². The Labute approximate surface area is 108 Å². The number of carbonyl (C=O) groups excluding carboxylic acids is 2. The van der Waals surface area contributed by atoms with Crippen LogP contribution in [0.25, 0.3) is 5.57 Å². The second-order valence-corrected chi connectivity index (χ2v) is 4.01. The molecule has 3 N–H and O–H groups in total. The van der Waals surface area contributed by atoms with E-state index in [-0.39, 0.29) is 11.3 Å². The lowest BCUT2D eigenvalue weighted by Crippen LogP contribution is -2.34. The summed E-state index contributed by atoms with van der Waals surface area (Å²) in [5, 5.41) is 9.21.